The number of rotatable bonds is 8. The van der Waals surface area contributed by atoms with Crippen LogP contribution >= 0.6 is 19.3 Å². The summed E-state index contributed by atoms with van der Waals surface area (Å²) in [5, 5.41) is 2.74. The highest BCUT2D eigenvalue weighted by molar-refractivity contribution is 7.52. The van der Waals surface area contributed by atoms with E-state index in [0.29, 0.717) is 11.4 Å². The first-order valence-electron chi connectivity index (χ1n) is 8.26. The molecule has 0 aliphatic rings. The topological polar surface area (TPSA) is 99.9 Å². The van der Waals surface area contributed by atoms with Crippen LogP contribution < -0.4 is 19.9 Å². The Bertz CT molecular complexity index is 832. The summed E-state index contributed by atoms with van der Waals surface area (Å²) in [6.07, 6.45) is -0.316. The lowest BCUT2D eigenvalue weighted by Gasteiger charge is -2.24. The smallest absolute Gasteiger partial charge is 0.462 e. The van der Waals surface area contributed by atoms with Crippen molar-refractivity contribution in [3.8, 4) is 11.5 Å². The van der Waals surface area contributed by atoms with Crippen LogP contribution in [-0.2, 0) is 14.1 Å². The van der Waals surface area contributed by atoms with Crippen molar-refractivity contribution in [2.24, 2.45) is 0 Å². The molecule has 0 aliphatic heterocycles. The molecule has 2 atom stereocenters. The van der Waals surface area contributed by atoms with E-state index < -0.39 is 19.8 Å². The summed E-state index contributed by atoms with van der Waals surface area (Å²) in [7, 11) is -4.03. The summed E-state index contributed by atoms with van der Waals surface area (Å²) in [6.45, 7) is 4.93. The number of para-hydroxylation sites is 1. The van der Waals surface area contributed by atoms with Gasteiger partial charge in [0.1, 0.15) is 17.5 Å². The van der Waals surface area contributed by atoms with Gasteiger partial charge in [0.25, 0.3) is 0 Å². The van der Waals surface area contributed by atoms with Crippen LogP contribution in [0.15, 0.2) is 48.5 Å². The summed E-state index contributed by atoms with van der Waals surface area (Å²) < 4.78 is 29.5. The monoisotopic (exact) mass is 412 g/mol. The number of carbonyl (C=O) groups excluding carboxylic acids is 1. The van der Waals surface area contributed by atoms with Gasteiger partial charge in [-0.1, -0.05) is 29.8 Å². The molecule has 3 N–H and O–H groups in total. The second-order valence-electron chi connectivity index (χ2n) is 6.02. The fourth-order valence-corrected chi connectivity index (χ4v) is 3.86. The zero-order chi connectivity index (χ0) is 20.0. The van der Waals surface area contributed by atoms with E-state index in [2.05, 4.69) is 5.09 Å². The Morgan fingerprint density at radius 3 is 2.37 bits per heavy atom. The molecule has 0 heterocycles. The van der Waals surface area contributed by atoms with Gasteiger partial charge in [0.2, 0.25) is 0 Å². The number of carbonyl (C=O) groups is 1. The number of halogens is 1. The number of nitrogen functional groups attached to an aromatic ring is 1. The fraction of sp³-hybridized carbons (Fsp3) is 0.278. The van der Waals surface area contributed by atoms with Crippen molar-refractivity contribution in [1.82, 2.24) is 5.09 Å². The molecule has 0 saturated carbocycles. The summed E-state index contributed by atoms with van der Waals surface area (Å²) in [5.74, 6) is -0.194. The Morgan fingerprint density at radius 1 is 1.11 bits per heavy atom. The van der Waals surface area contributed by atoms with E-state index >= 15 is 0 Å². The summed E-state index contributed by atoms with van der Waals surface area (Å²) in [5.41, 5.74) is 6.09. The van der Waals surface area contributed by atoms with Gasteiger partial charge in [-0.15, -0.1) is 0 Å². The molecule has 2 aromatic carbocycles. The molecule has 0 bridgehead atoms. The lowest BCUT2D eigenvalue weighted by atomic mass is 10.3. The maximum atomic E-state index is 13.3. The predicted molar refractivity (Wildman–Crippen MR) is 105 cm³/mol. The molecule has 0 aliphatic carbocycles. The molecule has 27 heavy (non-hydrogen) atoms. The third kappa shape index (κ3) is 6.47. The van der Waals surface area contributed by atoms with E-state index in [1.165, 1.54) is 19.1 Å². The number of hydrogen-bond donors (Lipinski definition) is 2. The van der Waals surface area contributed by atoms with E-state index in [1.54, 1.807) is 50.2 Å². The lowest BCUT2D eigenvalue weighted by molar-refractivity contribution is -0.149. The van der Waals surface area contributed by atoms with Gasteiger partial charge in [-0.2, -0.15) is 5.09 Å². The second-order valence-corrected chi connectivity index (χ2v) is 8.04. The first-order chi connectivity index (χ1) is 12.7. The summed E-state index contributed by atoms with van der Waals surface area (Å²) >= 11 is 6.11. The van der Waals surface area contributed by atoms with Gasteiger partial charge in [-0.05, 0) is 51.1 Å². The SMILES string of the molecule is CC(C)OC(=O)[C@H](C)NP(=O)(Oc1ccccc1)Oc1ccc(N)cc1Cl. The number of nitrogens with two attached hydrogens (primary N) is 1. The number of hydrogen-bond acceptors (Lipinski definition) is 6. The van der Waals surface area contributed by atoms with Crippen LogP contribution in [0.3, 0.4) is 0 Å². The van der Waals surface area contributed by atoms with Gasteiger partial charge in [0, 0.05) is 5.69 Å². The Kier molecular flexibility index (Phi) is 7.13. The standard InChI is InChI=1S/C18H22ClN2O5P/c1-12(2)24-18(22)13(3)21-27(23,25-15-7-5-4-6-8-15)26-17-10-9-14(20)11-16(17)19/h4-13H,20H2,1-3H3,(H,21,23)/t13-,27?/m0/s1. The first kappa shape index (κ1) is 21.1. The number of anilines is 1. The molecule has 7 nitrogen and oxygen atoms in total. The maximum absolute atomic E-state index is 13.3. The Balaban J connectivity index is 2.27. The minimum absolute atomic E-state index is 0.0991. The normalized spacial score (nSPS) is 14.3. The van der Waals surface area contributed by atoms with Gasteiger partial charge >= 0.3 is 13.7 Å². The van der Waals surface area contributed by atoms with Crippen molar-refractivity contribution >= 4 is 31.0 Å². The van der Waals surface area contributed by atoms with E-state index in [4.69, 9.17) is 31.1 Å². The summed E-state index contributed by atoms with van der Waals surface area (Å²) in [4.78, 5) is 12.1. The minimum atomic E-state index is -4.03. The minimum Gasteiger partial charge on any atom is -0.462 e. The molecular weight excluding hydrogens is 391 g/mol. The molecule has 0 fully saturated rings. The Hall–Kier alpha value is -2.21. The third-order valence-corrected chi connectivity index (χ3v) is 5.09. The molecule has 0 radical (unpaired) electrons. The van der Waals surface area contributed by atoms with Gasteiger partial charge < -0.3 is 19.5 Å². The van der Waals surface area contributed by atoms with Crippen LogP contribution in [0.5, 0.6) is 11.5 Å². The number of ether oxygens (including phenoxy) is 1. The van der Waals surface area contributed by atoms with E-state index in [-0.39, 0.29) is 16.9 Å². The number of benzene rings is 2. The number of nitrogens with one attached hydrogen (secondary N) is 1. The average molecular weight is 413 g/mol. The van der Waals surface area contributed by atoms with Crippen LogP contribution in [0.1, 0.15) is 20.8 Å². The molecule has 2 aromatic rings. The summed E-state index contributed by atoms with van der Waals surface area (Å²) in [6, 6.07) is 12.0. The van der Waals surface area contributed by atoms with Crippen molar-refractivity contribution in [2.45, 2.75) is 32.9 Å². The fourth-order valence-electron chi connectivity index (χ4n) is 2.04. The Labute approximate surface area is 163 Å². The lowest BCUT2D eigenvalue weighted by Crippen LogP contribution is -2.36. The molecule has 0 spiro atoms. The van der Waals surface area contributed by atoms with Gasteiger partial charge in [0.15, 0.2) is 0 Å². The maximum Gasteiger partial charge on any atom is 0.513 e. The Morgan fingerprint density at radius 2 is 1.78 bits per heavy atom. The van der Waals surface area contributed by atoms with Crippen molar-refractivity contribution in [3.63, 3.8) is 0 Å². The van der Waals surface area contributed by atoms with Crippen LogP contribution in [-0.4, -0.2) is 18.1 Å². The quantitative estimate of drug-likeness (QED) is 0.376. The van der Waals surface area contributed by atoms with Crippen LogP contribution in [0.2, 0.25) is 5.02 Å². The molecule has 0 aromatic heterocycles. The largest absolute Gasteiger partial charge is 0.513 e. The molecule has 9 heteroatoms. The highest BCUT2D eigenvalue weighted by atomic mass is 35.5. The number of esters is 1. The average Bonchev–Trinajstić information content (AvgIpc) is 2.57. The van der Waals surface area contributed by atoms with Crippen molar-refractivity contribution in [1.29, 1.82) is 0 Å². The predicted octanol–water partition coefficient (Wildman–Crippen LogP) is 4.42. The highest BCUT2D eigenvalue weighted by Gasteiger charge is 2.34. The molecule has 2 rings (SSSR count). The molecule has 0 amide bonds. The second kappa shape index (κ2) is 9.13. The van der Waals surface area contributed by atoms with Gasteiger partial charge in [-0.3, -0.25) is 4.79 Å². The van der Waals surface area contributed by atoms with E-state index in [0.717, 1.165) is 0 Å². The van der Waals surface area contributed by atoms with E-state index in [1.807, 2.05) is 0 Å². The van der Waals surface area contributed by atoms with Gasteiger partial charge in [-0.25, -0.2) is 4.57 Å². The van der Waals surface area contributed by atoms with Crippen molar-refractivity contribution in [3.05, 3.63) is 53.6 Å². The van der Waals surface area contributed by atoms with Crippen molar-refractivity contribution < 1.29 is 23.1 Å². The van der Waals surface area contributed by atoms with Crippen LogP contribution in [0.4, 0.5) is 5.69 Å². The molecular formula is C18H22ClN2O5P. The van der Waals surface area contributed by atoms with Crippen LogP contribution in [0, 0.1) is 0 Å². The zero-order valence-electron chi connectivity index (χ0n) is 15.2. The van der Waals surface area contributed by atoms with Crippen LogP contribution in [0.25, 0.3) is 0 Å². The van der Waals surface area contributed by atoms with Crippen molar-refractivity contribution in [2.75, 3.05) is 5.73 Å². The van der Waals surface area contributed by atoms with Gasteiger partial charge in [0.05, 0.1) is 11.1 Å². The molecule has 0 saturated heterocycles. The molecule has 146 valence electrons. The molecule has 1 unspecified atom stereocenters. The zero-order valence-corrected chi connectivity index (χ0v) is 16.9. The van der Waals surface area contributed by atoms with E-state index in [9.17, 15) is 9.36 Å². The first-order valence-corrected chi connectivity index (χ1v) is 10.2. The third-order valence-electron chi connectivity index (χ3n) is 3.20. The highest BCUT2D eigenvalue weighted by Crippen LogP contribution is 2.47.